The highest BCUT2D eigenvalue weighted by molar-refractivity contribution is 9.10. The monoisotopic (exact) mass is 370 g/mol. The highest BCUT2D eigenvalue weighted by Crippen LogP contribution is 2.38. The molecule has 21 heavy (non-hydrogen) atoms. The maximum atomic E-state index is 12.2. The summed E-state index contributed by atoms with van der Waals surface area (Å²) in [6.07, 6.45) is 2.14. The van der Waals surface area contributed by atoms with Crippen LogP contribution in [-0.4, -0.2) is 31.9 Å². The van der Waals surface area contributed by atoms with Crippen molar-refractivity contribution in [1.29, 1.82) is 0 Å². The van der Waals surface area contributed by atoms with Gasteiger partial charge in [0.05, 0.1) is 19.1 Å². The van der Waals surface area contributed by atoms with E-state index in [4.69, 9.17) is 4.43 Å². The van der Waals surface area contributed by atoms with Crippen LogP contribution in [0.4, 0.5) is 5.82 Å². The molecular formula is C15H23BrN2O2Si. The Bertz CT molecular complexity index is 525. The number of hydrogen-bond acceptors (Lipinski definition) is 3. The summed E-state index contributed by atoms with van der Waals surface area (Å²) in [5.74, 6) is 0.790. The van der Waals surface area contributed by atoms with Gasteiger partial charge in [0.1, 0.15) is 5.82 Å². The molecule has 1 aliphatic heterocycles. The number of carbonyl (C=O) groups excluding carboxylic acids is 1. The summed E-state index contributed by atoms with van der Waals surface area (Å²) in [5.41, 5.74) is 0. The fraction of sp³-hybridized carbons (Fsp3) is 0.600. The Morgan fingerprint density at radius 2 is 2.05 bits per heavy atom. The predicted molar refractivity (Wildman–Crippen MR) is 91.0 cm³/mol. The molecule has 1 fully saturated rings. The van der Waals surface area contributed by atoms with E-state index in [-0.39, 0.29) is 17.0 Å². The molecule has 1 atom stereocenters. The average Bonchev–Trinajstić information content (AvgIpc) is 2.69. The van der Waals surface area contributed by atoms with Crippen LogP contribution in [0.5, 0.6) is 0 Å². The van der Waals surface area contributed by atoms with Crippen LogP contribution in [0.25, 0.3) is 0 Å². The van der Waals surface area contributed by atoms with Gasteiger partial charge in [-0.3, -0.25) is 9.69 Å². The van der Waals surface area contributed by atoms with Crippen molar-refractivity contribution in [1.82, 2.24) is 4.98 Å². The first-order valence-electron chi connectivity index (χ1n) is 7.20. The second kappa shape index (κ2) is 5.82. The summed E-state index contributed by atoms with van der Waals surface area (Å²) in [7, 11) is -1.85. The Hall–Kier alpha value is -0.723. The number of anilines is 1. The largest absolute Gasteiger partial charge is 0.412 e. The number of aromatic nitrogens is 1. The highest BCUT2D eigenvalue weighted by atomic mass is 79.9. The van der Waals surface area contributed by atoms with Gasteiger partial charge >= 0.3 is 0 Å². The number of carbonyl (C=O) groups is 1. The van der Waals surface area contributed by atoms with Gasteiger partial charge in [-0.15, -0.1) is 0 Å². The summed E-state index contributed by atoms with van der Waals surface area (Å²) in [4.78, 5) is 18.2. The maximum absolute atomic E-state index is 12.2. The van der Waals surface area contributed by atoms with Crippen LogP contribution in [0.15, 0.2) is 22.8 Å². The number of hydrogen-bond donors (Lipinski definition) is 0. The molecule has 1 amide bonds. The minimum Gasteiger partial charge on any atom is -0.412 e. The molecule has 0 N–H and O–H groups in total. The predicted octanol–water partition coefficient (Wildman–Crippen LogP) is 3.97. The number of amides is 1. The third-order valence-corrected chi connectivity index (χ3v) is 9.35. The summed E-state index contributed by atoms with van der Waals surface area (Å²) < 4.78 is 7.26. The molecular weight excluding hydrogens is 348 g/mol. The van der Waals surface area contributed by atoms with E-state index in [9.17, 15) is 4.79 Å². The van der Waals surface area contributed by atoms with Crippen LogP contribution in [0.3, 0.4) is 0 Å². The summed E-state index contributed by atoms with van der Waals surface area (Å²) in [6, 6.07) is 3.76. The molecule has 1 aliphatic rings. The zero-order chi connectivity index (χ0) is 15.8. The molecule has 0 aromatic carbocycles. The van der Waals surface area contributed by atoms with Crippen molar-refractivity contribution in [3.63, 3.8) is 0 Å². The molecule has 2 rings (SSSR count). The lowest BCUT2D eigenvalue weighted by Crippen LogP contribution is -2.44. The highest BCUT2D eigenvalue weighted by Gasteiger charge is 2.42. The van der Waals surface area contributed by atoms with E-state index >= 15 is 0 Å². The summed E-state index contributed by atoms with van der Waals surface area (Å²) >= 11 is 3.36. The first-order valence-corrected chi connectivity index (χ1v) is 10.9. The third-order valence-electron chi connectivity index (χ3n) is 4.35. The number of pyridine rings is 1. The van der Waals surface area contributed by atoms with Gasteiger partial charge in [0, 0.05) is 10.7 Å². The molecule has 1 aromatic heterocycles. The van der Waals surface area contributed by atoms with E-state index in [0.29, 0.717) is 18.8 Å². The number of halogens is 1. The van der Waals surface area contributed by atoms with E-state index in [1.807, 2.05) is 12.1 Å². The average molecular weight is 371 g/mol. The van der Waals surface area contributed by atoms with Gasteiger partial charge in [-0.2, -0.15) is 0 Å². The van der Waals surface area contributed by atoms with E-state index in [1.165, 1.54) is 0 Å². The van der Waals surface area contributed by atoms with Crippen LogP contribution in [0, 0.1) is 0 Å². The van der Waals surface area contributed by atoms with Crippen LogP contribution >= 0.6 is 15.9 Å². The second-order valence-electron chi connectivity index (χ2n) is 7.04. The lowest BCUT2D eigenvalue weighted by atomic mass is 10.2. The van der Waals surface area contributed by atoms with Crippen molar-refractivity contribution in [2.24, 2.45) is 0 Å². The Kier molecular flexibility index (Phi) is 4.61. The van der Waals surface area contributed by atoms with Crippen LogP contribution in [-0.2, 0) is 9.22 Å². The van der Waals surface area contributed by atoms with E-state index < -0.39 is 8.32 Å². The van der Waals surface area contributed by atoms with Crippen LogP contribution < -0.4 is 4.90 Å². The van der Waals surface area contributed by atoms with Gasteiger partial charge in [0.2, 0.25) is 5.91 Å². The van der Waals surface area contributed by atoms with Crippen molar-refractivity contribution in [3.05, 3.63) is 22.8 Å². The minimum atomic E-state index is -1.85. The number of rotatable bonds is 3. The van der Waals surface area contributed by atoms with Gasteiger partial charge < -0.3 is 4.43 Å². The molecule has 0 spiro atoms. The lowest BCUT2D eigenvalue weighted by molar-refractivity contribution is -0.117. The van der Waals surface area contributed by atoms with E-state index in [1.54, 1.807) is 11.1 Å². The molecule has 0 bridgehead atoms. The molecule has 0 unspecified atom stereocenters. The van der Waals surface area contributed by atoms with Crippen molar-refractivity contribution in [2.45, 2.75) is 51.4 Å². The Balaban J connectivity index is 2.08. The SMILES string of the molecule is CC(C)(C)[Si](C)(C)O[C@@H]1CC(=O)N(c2ccc(Br)cn2)C1. The number of nitrogens with zero attached hydrogens (tertiary/aromatic N) is 2. The molecule has 116 valence electrons. The molecule has 4 nitrogen and oxygen atoms in total. The van der Waals surface area contributed by atoms with Gasteiger partial charge in [-0.25, -0.2) is 4.98 Å². The zero-order valence-corrected chi connectivity index (χ0v) is 15.9. The maximum Gasteiger partial charge on any atom is 0.230 e. The molecule has 6 heteroatoms. The smallest absolute Gasteiger partial charge is 0.230 e. The first kappa shape index (κ1) is 16.6. The van der Waals surface area contributed by atoms with Gasteiger partial charge in [0.25, 0.3) is 0 Å². The van der Waals surface area contributed by atoms with E-state index in [2.05, 4.69) is 54.8 Å². The van der Waals surface area contributed by atoms with E-state index in [0.717, 1.165) is 4.47 Å². The fourth-order valence-corrected chi connectivity index (χ4v) is 3.68. The normalized spacial score (nSPS) is 20.2. The third kappa shape index (κ3) is 3.73. The molecule has 0 radical (unpaired) electrons. The molecule has 1 aromatic rings. The van der Waals surface area contributed by atoms with Gasteiger partial charge in [-0.05, 0) is 46.2 Å². The fourth-order valence-electron chi connectivity index (χ4n) is 2.10. The zero-order valence-electron chi connectivity index (χ0n) is 13.3. The summed E-state index contributed by atoms with van der Waals surface area (Å²) in [5, 5.41) is 0.152. The Morgan fingerprint density at radius 1 is 1.38 bits per heavy atom. The summed E-state index contributed by atoms with van der Waals surface area (Å²) in [6.45, 7) is 11.7. The molecule has 1 saturated heterocycles. The van der Waals surface area contributed by atoms with Gasteiger partial charge in [0.15, 0.2) is 8.32 Å². The lowest BCUT2D eigenvalue weighted by Gasteiger charge is -2.38. The Morgan fingerprint density at radius 3 is 2.57 bits per heavy atom. The molecule has 2 heterocycles. The van der Waals surface area contributed by atoms with Crippen molar-refractivity contribution < 1.29 is 9.22 Å². The van der Waals surface area contributed by atoms with Crippen molar-refractivity contribution in [2.75, 3.05) is 11.4 Å². The van der Waals surface area contributed by atoms with Crippen LogP contribution in [0.1, 0.15) is 27.2 Å². The molecule has 0 aliphatic carbocycles. The van der Waals surface area contributed by atoms with Gasteiger partial charge in [-0.1, -0.05) is 20.8 Å². The van der Waals surface area contributed by atoms with Crippen molar-refractivity contribution >= 4 is 36.0 Å². The quantitative estimate of drug-likeness (QED) is 0.755. The second-order valence-corrected chi connectivity index (χ2v) is 12.7. The standard InChI is InChI=1S/C15H23BrN2O2Si/c1-15(2,3)21(4,5)20-12-8-14(19)18(10-12)13-7-6-11(16)9-17-13/h6-7,9,12H,8,10H2,1-5H3/t12-/m1/s1. The van der Waals surface area contributed by atoms with Crippen LogP contribution in [0.2, 0.25) is 18.1 Å². The minimum absolute atomic E-state index is 0.0242. The Labute approximate surface area is 136 Å². The molecule has 0 saturated carbocycles. The van der Waals surface area contributed by atoms with Crippen molar-refractivity contribution in [3.8, 4) is 0 Å². The first-order chi connectivity index (χ1) is 9.60. The topological polar surface area (TPSA) is 42.4 Å².